The average Bonchev–Trinajstić information content (AvgIpc) is 2.61. The van der Waals surface area contributed by atoms with E-state index in [0.29, 0.717) is 5.13 Å². The number of nitrogens with two attached hydrogens (primary N) is 1. The van der Waals surface area contributed by atoms with E-state index >= 15 is 0 Å². The summed E-state index contributed by atoms with van der Waals surface area (Å²) in [6, 6.07) is -0.459. The minimum Gasteiger partial charge on any atom is -0.320 e. The number of nitrogens with zero attached hydrogens (tertiary/aromatic N) is 1. The van der Waals surface area contributed by atoms with Crippen LogP contribution < -0.4 is 11.1 Å². The van der Waals surface area contributed by atoms with Crippen LogP contribution >= 0.6 is 11.3 Å². The lowest BCUT2D eigenvalue weighted by Crippen LogP contribution is -2.40. The molecular weight excluding hydrogens is 210 g/mol. The van der Waals surface area contributed by atoms with Crippen LogP contribution in [0.2, 0.25) is 0 Å². The Labute approximate surface area is 93.9 Å². The molecule has 1 heterocycles. The van der Waals surface area contributed by atoms with Crippen molar-refractivity contribution < 1.29 is 4.79 Å². The molecule has 0 aliphatic heterocycles. The van der Waals surface area contributed by atoms with Gasteiger partial charge in [-0.1, -0.05) is 20.3 Å². The SMILES string of the molecule is CCC(C)C(N)C(=O)Nc1nc(C)cs1. The van der Waals surface area contributed by atoms with Gasteiger partial charge in [0, 0.05) is 5.38 Å². The van der Waals surface area contributed by atoms with Gasteiger partial charge >= 0.3 is 0 Å². The highest BCUT2D eigenvalue weighted by molar-refractivity contribution is 7.13. The van der Waals surface area contributed by atoms with Gasteiger partial charge < -0.3 is 11.1 Å². The zero-order valence-electron chi connectivity index (χ0n) is 9.28. The Morgan fingerprint density at radius 1 is 1.73 bits per heavy atom. The summed E-state index contributed by atoms with van der Waals surface area (Å²) in [5.41, 5.74) is 6.70. The fourth-order valence-corrected chi connectivity index (χ4v) is 1.80. The van der Waals surface area contributed by atoms with Gasteiger partial charge in [-0.3, -0.25) is 4.79 Å². The smallest absolute Gasteiger partial charge is 0.243 e. The molecule has 1 rings (SSSR count). The minimum absolute atomic E-state index is 0.154. The van der Waals surface area contributed by atoms with Crippen molar-refractivity contribution in [3.05, 3.63) is 11.1 Å². The van der Waals surface area contributed by atoms with E-state index < -0.39 is 6.04 Å². The van der Waals surface area contributed by atoms with Crippen molar-refractivity contribution in [3.63, 3.8) is 0 Å². The van der Waals surface area contributed by atoms with E-state index in [0.717, 1.165) is 12.1 Å². The van der Waals surface area contributed by atoms with Gasteiger partial charge in [0.1, 0.15) is 0 Å². The van der Waals surface area contributed by atoms with Gasteiger partial charge in [-0.05, 0) is 12.8 Å². The Balaban J connectivity index is 2.55. The van der Waals surface area contributed by atoms with Crippen molar-refractivity contribution in [1.82, 2.24) is 4.98 Å². The number of hydrogen-bond acceptors (Lipinski definition) is 4. The molecule has 3 N–H and O–H groups in total. The third-order valence-electron chi connectivity index (χ3n) is 2.41. The third kappa shape index (κ3) is 3.28. The minimum atomic E-state index is -0.459. The molecule has 5 heteroatoms. The number of nitrogens with one attached hydrogen (secondary N) is 1. The zero-order valence-corrected chi connectivity index (χ0v) is 10.1. The van der Waals surface area contributed by atoms with E-state index in [1.807, 2.05) is 26.2 Å². The van der Waals surface area contributed by atoms with E-state index in [4.69, 9.17) is 5.73 Å². The van der Waals surface area contributed by atoms with Crippen LogP contribution in [0.15, 0.2) is 5.38 Å². The van der Waals surface area contributed by atoms with Crippen LogP contribution in [0.5, 0.6) is 0 Å². The Kier molecular flexibility index (Phi) is 4.23. The first kappa shape index (κ1) is 12.1. The second-order valence-electron chi connectivity index (χ2n) is 3.69. The van der Waals surface area contributed by atoms with Gasteiger partial charge in [0.25, 0.3) is 0 Å². The van der Waals surface area contributed by atoms with Gasteiger partial charge in [-0.2, -0.15) is 0 Å². The second-order valence-corrected chi connectivity index (χ2v) is 4.55. The van der Waals surface area contributed by atoms with Gasteiger partial charge in [-0.25, -0.2) is 4.98 Å². The van der Waals surface area contributed by atoms with Crippen LogP contribution in [0, 0.1) is 12.8 Å². The summed E-state index contributed by atoms with van der Waals surface area (Å²) < 4.78 is 0. The molecule has 15 heavy (non-hydrogen) atoms. The van der Waals surface area contributed by atoms with Gasteiger partial charge in [0.15, 0.2) is 5.13 Å². The molecule has 0 spiro atoms. The maximum Gasteiger partial charge on any atom is 0.243 e. The molecule has 0 fully saturated rings. The van der Waals surface area contributed by atoms with Crippen LogP contribution in [0.1, 0.15) is 26.0 Å². The predicted molar refractivity (Wildman–Crippen MR) is 62.9 cm³/mol. The monoisotopic (exact) mass is 227 g/mol. The fourth-order valence-electron chi connectivity index (χ4n) is 1.11. The maximum absolute atomic E-state index is 11.7. The molecule has 0 bridgehead atoms. The van der Waals surface area contributed by atoms with Crippen LogP contribution in [-0.4, -0.2) is 16.9 Å². The number of hydrogen-bond donors (Lipinski definition) is 2. The molecule has 84 valence electrons. The number of carbonyl (C=O) groups excluding carboxylic acids is 1. The highest BCUT2D eigenvalue weighted by Gasteiger charge is 2.19. The molecule has 0 saturated carbocycles. The summed E-state index contributed by atoms with van der Waals surface area (Å²) in [5, 5.41) is 5.24. The molecule has 2 atom stereocenters. The number of rotatable bonds is 4. The number of carbonyl (C=O) groups is 1. The van der Waals surface area contributed by atoms with Crippen LogP contribution in [-0.2, 0) is 4.79 Å². The molecule has 0 aliphatic carbocycles. The summed E-state index contributed by atoms with van der Waals surface area (Å²) in [5.74, 6) is 0.0322. The van der Waals surface area contributed by atoms with Crippen molar-refractivity contribution >= 4 is 22.4 Å². The second kappa shape index (κ2) is 5.23. The van der Waals surface area contributed by atoms with E-state index in [-0.39, 0.29) is 11.8 Å². The van der Waals surface area contributed by atoms with Crippen molar-refractivity contribution in [2.24, 2.45) is 11.7 Å². The third-order valence-corrected chi connectivity index (χ3v) is 3.28. The number of aromatic nitrogens is 1. The fraction of sp³-hybridized carbons (Fsp3) is 0.600. The topological polar surface area (TPSA) is 68.0 Å². The Morgan fingerprint density at radius 3 is 2.87 bits per heavy atom. The number of thiazole rings is 1. The first-order valence-electron chi connectivity index (χ1n) is 5.03. The standard InChI is InChI=1S/C10H17N3OS/c1-4-6(2)8(11)9(14)13-10-12-7(3)5-15-10/h5-6,8H,4,11H2,1-3H3,(H,12,13,14). The normalized spacial score (nSPS) is 14.7. The van der Waals surface area contributed by atoms with Crippen LogP contribution in [0.3, 0.4) is 0 Å². The van der Waals surface area contributed by atoms with Crippen LogP contribution in [0.25, 0.3) is 0 Å². The van der Waals surface area contributed by atoms with Gasteiger partial charge in [0.05, 0.1) is 11.7 Å². The molecule has 2 unspecified atom stereocenters. The molecule has 0 aromatic carbocycles. The highest BCUT2D eigenvalue weighted by atomic mass is 32.1. The summed E-state index contributed by atoms with van der Waals surface area (Å²) in [6.45, 7) is 5.88. The molecule has 0 saturated heterocycles. The number of amides is 1. The van der Waals surface area contributed by atoms with Gasteiger partial charge in [-0.15, -0.1) is 11.3 Å². The van der Waals surface area contributed by atoms with E-state index in [1.165, 1.54) is 11.3 Å². The maximum atomic E-state index is 11.7. The summed E-state index contributed by atoms with van der Waals surface area (Å²) in [6.07, 6.45) is 0.894. The van der Waals surface area contributed by atoms with E-state index in [2.05, 4.69) is 10.3 Å². The summed E-state index contributed by atoms with van der Waals surface area (Å²) in [4.78, 5) is 15.8. The molecule has 1 aromatic rings. The number of aryl methyl sites for hydroxylation is 1. The van der Waals surface area contributed by atoms with Crippen molar-refractivity contribution in [2.45, 2.75) is 33.2 Å². The first-order chi connectivity index (χ1) is 7.04. The lowest BCUT2D eigenvalue weighted by Gasteiger charge is -2.16. The number of anilines is 1. The quantitative estimate of drug-likeness (QED) is 0.823. The first-order valence-corrected chi connectivity index (χ1v) is 5.91. The molecule has 1 amide bonds. The Morgan fingerprint density at radius 2 is 2.40 bits per heavy atom. The Hall–Kier alpha value is -0.940. The van der Waals surface area contributed by atoms with E-state index in [9.17, 15) is 4.79 Å². The summed E-state index contributed by atoms with van der Waals surface area (Å²) >= 11 is 1.42. The molecule has 0 aliphatic rings. The predicted octanol–water partition coefficient (Wildman–Crippen LogP) is 1.76. The molecular formula is C10H17N3OS. The van der Waals surface area contributed by atoms with Crippen molar-refractivity contribution in [3.8, 4) is 0 Å². The lowest BCUT2D eigenvalue weighted by molar-refractivity contribution is -0.118. The van der Waals surface area contributed by atoms with E-state index in [1.54, 1.807) is 0 Å². The van der Waals surface area contributed by atoms with Crippen LogP contribution in [0.4, 0.5) is 5.13 Å². The Bertz CT molecular complexity index is 337. The highest BCUT2D eigenvalue weighted by Crippen LogP contribution is 2.15. The summed E-state index contributed by atoms with van der Waals surface area (Å²) in [7, 11) is 0. The average molecular weight is 227 g/mol. The molecule has 0 radical (unpaired) electrons. The van der Waals surface area contributed by atoms with Crippen molar-refractivity contribution in [2.75, 3.05) is 5.32 Å². The largest absolute Gasteiger partial charge is 0.320 e. The zero-order chi connectivity index (χ0) is 11.4. The lowest BCUT2D eigenvalue weighted by atomic mass is 10.00. The van der Waals surface area contributed by atoms with Crippen molar-refractivity contribution in [1.29, 1.82) is 0 Å². The van der Waals surface area contributed by atoms with Gasteiger partial charge in [0.2, 0.25) is 5.91 Å². The molecule has 4 nitrogen and oxygen atoms in total. The molecule has 1 aromatic heterocycles.